The van der Waals surface area contributed by atoms with Gasteiger partial charge in [-0.1, -0.05) is 30.3 Å². The Morgan fingerprint density at radius 3 is 2.83 bits per heavy atom. The molecule has 2 atom stereocenters. The first-order valence-electron chi connectivity index (χ1n) is 8.46. The van der Waals surface area contributed by atoms with Crippen LogP contribution in [0.25, 0.3) is 0 Å². The molecule has 0 unspecified atom stereocenters. The van der Waals surface area contributed by atoms with Crippen molar-refractivity contribution >= 4 is 11.8 Å². The highest BCUT2D eigenvalue weighted by Crippen LogP contribution is 2.18. The molecule has 124 valence electrons. The SMILES string of the molecule is O=C(CC[C@@H]1CCCO1)N[C@H]1CCN(Cc2ccccc2)C1=O. The third kappa shape index (κ3) is 4.32. The van der Waals surface area contributed by atoms with Gasteiger partial charge >= 0.3 is 0 Å². The summed E-state index contributed by atoms with van der Waals surface area (Å²) in [5.41, 5.74) is 1.12. The Labute approximate surface area is 137 Å². The first-order valence-corrected chi connectivity index (χ1v) is 8.46. The summed E-state index contributed by atoms with van der Waals surface area (Å²) in [6.07, 6.45) is 4.22. The first kappa shape index (κ1) is 16.0. The summed E-state index contributed by atoms with van der Waals surface area (Å²) in [6, 6.07) is 9.57. The topological polar surface area (TPSA) is 58.6 Å². The summed E-state index contributed by atoms with van der Waals surface area (Å²) in [4.78, 5) is 26.2. The smallest absolute Gasteiger partial charge is 0.245 e. The second-order valence-electron chi connectivity index (χ2n) is 6.33. The number of hydrogen-bond donors (Lipinski definition) is 1. The number of benzene rings is 1. The van der Waals surface area contributed by atoms with Crippen LogP contribution in [0.15, 0.2) is 30.3 Å². The van der Waals surface area contributed by atoms with E-state index in [-0.39, 0.29) is 24.0 Å². The van der Waals surface area contributed by atoms with Crippen LogP contribution in [0.2, 0.25) is 0 Å². The standard InChI is InChI=1S/C18H24N2O3/c21-17(9-8-15-7-4-12-23-15)19-16-10-11-20(18(16)22)13-14-5-2-1-3-6-14/h1-3,5-6,15-16H,4,7-13H2,(H,19,21)/t15-,16-/m0/s1. The van der Waals surface area contributed by atoms with Gasteiger partial charge in [0.2, 0.25) is 11.8 Å². The zero-order valence-corrected chi connectivity index (χ0v) is 13.4. The summed E-state index contributed by atoms with van der Waals surface area (Å²) < 4.78 is 5.52. The molecular weight excluding hydrogens is 292 g/mol. The number of nitrogens with zero attached hydrogens (tertiary/aromatic N) is 1. The Hall–Kier alpha value is -1.88. The number of carbonyl (C=O) groups excluding carboxylic acids is 2. The van der Waals surface area contributed by atoms with Crippen LogP contribution in [0, 0.1) is 0 Å². The minimum absolute atomic E-state index is 0.0271. The van der Waals surface area contributed by atoms with Crippen LogP contribution in [-0.4, -0.2) is 42.0 Å². The predicted molar refractivity (Wildman–Crippen MR) is 86.6 cm³/mol. The molecule has 0 saturated carbocycles. The lowest BCUT2D eigenvalue weighted by atomic mass is 10.1. The van der Waals surface area contributed by atoms with Crippen molar-refractivity contribution in [2.75, 3.05) is 13.2 Å². The number of amides is 2. The third-order valence-corrected chi connectivity index (χ3v) is 4.57. The molecular formula is C18H24N2O3. The van der Waals surface area contributed by atoms with Crippen LogP contribution in [0.1, 0.15) is 37.7 Å². The summed E-state index contributed by atoms with van der Waals surface area (Å²) in [5.74, 6) is -0.0141. The summed E-state index contributed by atoms with van der Waals surface area (Å²) in [7, 11) is 0. The normalized spacial score (nSPS) is 24.2. The van der Waals surface area contributed by atoms with Gasteiger partial charge in [0.05, 0.1) is 6.10 Å². The quantitative estimate of drug-likeness (QED) is 0.871. The number of nitrogens with one attached hydrogen (secondary N) is 1. The monoisotopic (exact) mass is 316 g/mol. The molecule has 5 nitrogen and oxygen atoms in total. The van der Waals surface area contributed by atoms with Gasteiger partial charge in [0.25, 0.3) is 0 Å². The molecule has 2 saturated heterocycles. The molecule has 0 aromatic heterocycles. The lowest BCUT2D eigenvalue weighted by Gasteiger charge is -2.17. The summed E-state index contributed by atoms with van der Waals surface area (Å²) in [6.45, 7) is 2.12. The lowest BCUT2D eigenvalue weighted by Crippen LogP contribution is -2.41. The largest absolute Gasteiger partial charge is 0.378 e. The van der Waals surface area contributed by atoms with E-state index in [0.29, 0.717) is 25.9 Å². The van der Waals surface area contributed by atoms with Gasteiger partial charge in [-0.2, -0.15) is 0 Å². The molecule has 0 aliphatic carbocycles. The van der Waals surface area contributed by atoms with E-state index >= 15 is 0 Å². The van der Waals surface area contributed by atoms with Crippen molar-refractivity contribution in [3.05, 3.63) is 35.9 Å². The van der Waals surface area contributed by atoms with Gasteiger partial charge in [0, 0.05) is 26.1 Å². The second-order valence-corrected chi connectivity index (χ2v) is 6.33. The highest BCUT2D eigenvalue weighted by molar-refractivity contribution is 5.89. The van der Waals surface area contributed by atoms with E-state index in [9.17, 15) is 9.59 Å². The predicted octanol–water partition coefficient (Wildman–Crippen LogP) is 1.86. The first-order chi connectivity index (χ1) is 11.2. The van der Waals surface area contributed by atoms with Crippen LogP contribution in [0.3, 0.4) is 0 Å². The van der Waals surface area contributed by atoms with Gasteiger partial charge in [0.1, 0.15) is 6.04 Å². The van der Waals surface area contributed by atoms with E-state index in [0.717, 1.165) is 31.4 Å². The summed E-state index contributed by atoms with van der Waals surface area (Å²) >= 11 is 0. The highest BCUT2D eigenvalue weighted by atomic mass is 16.5. The van der Waals surface area contributed by atoms with E-state index in [1.807, 2.05) is 35.2 Å². The van der Waals surface area contributed by atoms with Crippen molar-refractivity contribution in [1.29, 1.82) is 0 Å². The zero-order valence-electron chi connectivity index (χ0n) is 13.4. The number of rotatable bonds is 6. The molecule has 1 aromatic carbocycles. The Kier molecular flexibility index (Phi) is 5.28. The lowest BCUT2D eigenvalue weighted by molar-refractivity contribution is -0.133. The maximum atomic E-state index is 12.4. The average molecular weight is 316 g/mol. The fraction of sp³-hybridized carbons (Fsp3) is 0.556. The van der Waals surface area contributed by atoms with Gasteiger partial charge in [-0.3, -0.25) is 9.59 Å². The van der Waals surface area contributed by atoms with Crippen LogP contribution < -0.4 is 5.32 Å². The van der Waals surface area contributed by atoms with Crippen molar-refractivity contribution in [2.45, 2.75) is 50.8 Å². The van der Waals surface area contributed by atoms with Crippen molar-refractivity contribution in [2.24, 2.45) is 0 Å². The molecule has 0 bridgehead atoms. The van der Waals surface area contributed by atoms with Crippen molar-refractivity contribution < 1.29 is 14.3 Å². The van der Waals surface area contributed by atoms with E-state index < -0.39 is 0 Å². The van der Waals surface area contributed by atoms with Crippen LogP contribution in [0.5, 0.6) is 0 Å². The van der Waals surface area contributed by atoms with E-state index in [1.165, 1.54) is 0 Å². The molecule has 2 aliphatic heterocycles. The number of carbonyl (C=O) groups is 2. The molecule has 1 N–H and O–H groups in total. The number of ether oxygens (including phenoxy) is 1. The molecule has 0 spiro atoms. The Balaban J connectivity index is 1.44. The van der Waals surface area contributed by atoms with Gasteiger partial charge in [-0.15, -0.1) is 0 Å². The van der Waals surface area contributed by atoms with E-state index in [1.54, 1.807) is 0 Å². The molecule has 2 fully saturated rings. The minimum atomic E-state index is -0.365. The zero-order chi connectivity index (χ0) is 16.1. The molecule has 2 aliphatic rings. The van der Waals surface area contributed by atoms with Gasteiger partial charge in [0.15, 0.2) is 0 Å². The minimum Gasteiger partial charge on any atom is -0.378 e. The average Bonchev–Trinajstić information content (AvgIpc) is 3.19. The van der Waals surface area contributed by atoms with Crippen molar-refractivity contribution in [3.8, 4) is 0 Å². The molecule has 1 aromatic rings. The van der Waals surface area contributed by atoms with Crippen LogP contribution in [0.4, 0.5) is 0 Å². The van der Waals surface area contributed by atoms with Crippen molar-refractivity contribution in [1.82, 2.24) is 10.2 Å². The molecule has 5 heteroatoms. The fourth-order valence-electron chi connectivity index (χ4n) is 3.26. The van der Waals surface area contributed by atoms with Crippen LogP contribution in [-0.2, 0) is 20.9 Å². The molecule has 23 heavy (non-hydrogen) atoms. The third-order valence-electron chi connectivity index (χ3n) is 4.57. The van der Waals surface area contributed by atoms with E-state index in [2.05, 4.69) is 5.32 Å². The molecule has 2 amide bonds. The number of hydrogen-bond acceptors (Lipinski definition) is 3. The fourth-order valence-corrected chi connectivity index (χ4v) is 3.26. The second kappa shape index (κ2) is 7.59. The Morgan fingerprint density at radius 1 is 1.26 bits per heavy atom. The number of likely N-dealkylation sites (tertiary alicyclic amines) is 1. The van der Waals surface area contributed by atoms with Crippen LogP contribution >= 0.6 is 0 Å². The Morgan fingerprint density at radius 2 is 2.09 bits per heavy atom. The highest BCUT2D eigenvalue weighted by Gasteiger charge is 2.32. The molecule has 3 rings (SSSR count). The van der Waals surface area contributed by atoms with E-state index in [4.69, 9.17) is 4.74 Å². The van der Waals surface area contributed by atoms with Crippen molar-refractivity contribution in [3.63, 3.8) is 0 Å². The summed E-state index contributed by atoms with van der Waals surface area (Å²) in [5, 5.41) is 2.88. The van der Waals surface area contributed by atoms with Gasteiger partial charge in [-0.25, -0.2) is 0 Å². The maximum absolute atomic E-state index is 12.4. The Bertz CT molecular complexity index is 540. The van der Waals surface area contributed by atoms with Gasteiger partial charge in [-0.05, 0) is 31.2 Å². The molecule has 2 heterocycles. The molecule has 0 radical (unpaired) electrons. The maximum Gasteiger partial charge on any atom is 0.245 e. The van der Waals surface area contributed by atoms with Gasteiger partial charge < -0.3 is 15.0 Å².